The van der Waals surface area contributed by atoms with E-state index in [4.69, 9.17) is 5.73 Å². The van der Waals surface area contributed by atoms with Crippen molar-refractivity contribution in [2.45, 2.75) is 51.4 Å². The Morgan fingerprint density at radius 1 is 0.962 bits per heavy atom. The van der Waals surface area contributed by atoms with Gasteiger partial charge in [-0.3, -0.25) is 9.59 Å². The number of carbonyl (C=O) groups is 2. The van der Waals surface area contributed by atoms with E-state index in [1.807, 2.05) is 4.90 Å². The number of carbonyl (C=O) groups excluding carboxylic acids is 2. The molecule has 0 spiro atoms. The third-order valence-corrected chi connectivity index (χ3v) is 6.09. The number of hydrogen-bond donors (Lipinski definition) is 1. The van der Waals surface area contributed by atoms with Gasteiger partial charge in [0.2, 0.25) is 11.8 Å². The summed E-state index contributed by atoms with van der Waals surface area (Å²) in [6.07, 6.45) is 9.23. The van der Waals surface area contributed by atoms with Gasteiger partial charge in [0.15, 0.2) is 0 Å². The molecule has 26 heavy (non-hydrogen) atoms. The first-order chi connectivity index (χ1) is 12.6. The fourth-order valence-electron chi connectivity index (χ4n) is 4.26. The number of fused-ring (bicyclic) bond motifs is 1. The van der Waals surface area contributed by atoms with E-state index in [9.17, 15) is 9.59 Å². The molecule has 2 aliphatic heterocycles. The molecule has 1 aromatic rings. The molecule has 1 saturated carbocycles. The number of nitrogens with zero attached hydrogens (tertiary/aromatic N) is 4. The van der Waals surface area contributed by atoms with Crippen LogP contribution in [-0.2, 0) is 22.4 Å². The Hall–Kier alpha value is -2.18. The number of rotatable bonds is 3. The van der Waals surface area contributed by atoms with Crippen LogP contribution in [0, 0.1) is 5.41 Å². The Labute approximate surface area is 154 Å². The molecule has 7 nitrogen and oxygen atoms in total. The third-order valence-electron chi connectivity index (χ3n) is 6.09. The second-order valence-electron chi connectivity index (χ2n) is 7.76. The highest BCUT2D eigenvalue weighted by Crippen LogP contribution is 2.47. The minimum absolute atomic E-state index is 0.0953. The lowest BCUT2D eigenvalue weighted by molar-refractivity contribution is -0.142. The minimum Gasteiger partial charge on any atom is -0.369 e. The maximum Gasteiger partial charge on any atom is 0.238 e. The highest BCUT2D eigenvalue weighted by atomic mass is 16.2. The van der Waals surface area contributed by atoms with E-state index in [-0.39, 0.29) is 5.91 Å². The van der Waals surface area contributed by atoms with Gasteiger partial charge in [-0.15, -0.1) is 0 Å². The minimum atomic E-state index is -0.935. The first-order valence-electron chi connectivity index (χ1n) is 9.79. The third kappa shape index (κ3) is 3.04. The van der Waals surface area contributed by atoms with E-state index in [1.165, 1.54) is 31.2 Å². The average molecular weight is 357 g/mol. The molecular formula is C19H27N5O2. The van der Waals surface area contributed by atoms with Crippen LogP contribution in [-0.4, -0.2) is 52.9 Å². The van der Waals surface area contributed by atoms with Gasteiger partial charge in [0, 0.05) is 38.2 Å². The molecular weight excluding hydrogens is 330 g/mol. The molecule has 7 heteroatoms. The largest absolute Gasteiger partial charge is 0.369 e. The van der Waals surface area contributed by atoms with E-state index >= 15 is 0 Å². The molecule has 4 rings (SSSR count). The zero-order chi connectivity index (χ0) is 18.1. The molecule has 0 aromatic carbocycles. The summed E-state index contributed by atoms with van der Waals surface area (Å²) in [5, 5.41) is 0. The van der Waals surface area contributed by atoms with Gasteiger partial charge < -0.3 is 15.5 Å². The van der Waals surface area contributed by atoms with Crippen LogP contribution in [0.3, 0.4) is 0 Å². The van der Waals surface area contributed by atoms with Crippen molar-refractivity contribution in [3.63, 3.8) is 0 Å². The normalized spacial score (nSPS) is 22.2. The summed E-state index contributed by atoms with van der Waals surface area (Å²) < 4.78 is 0. The van der Waals surface area contributed by atoms with E-state index in [0.717, 1.165) is 31.0 Å². The van der Waals surface area contributed by atoms with Gasteiger partial charge in [-0.05, 0) is 32.1 Å². The maximum atomic E-state index is 12.8. The summed E-state index contributed by atoms with van der Waals surface area (Å²) in [5.74, 6) is 0.471. The van der Waals surface area contributed by atoms with Crippen LogP contribution in [0.25, 0.3) is 0 Å². The Morgan fingerprint density at radius 3 is 2.31 bits per heavy atom. The molecule has 2 fully saturated rings. The molecule has 0 atom stereocenters. The van der Waals surface area contributed by atoms with Crippen molar-refractivity contribution in [1.29, 1.82) is 0 Å². The average Bonchev–Trinajstić information content (AvgIpc) is 3.47. The number of primary amides is 1. The van der Waals surface area contributed by atoms with E-state index < -0.39 is 11.3 Å². The van der Waals surface area contributed by atoms with Crippen molar-refractivity contribution < 1.29 is 9.59 Å². The smallest absolute Gasteiger partial charge is 0.238 e. The number of nitrogens with two attached hydrogens (primary N) is 1. The lowest BCUT2D eigenvalue weighted by atomic mass is 10.0. The monoisotopic (exact) mass is 357 g/mol. The van der Waals surface area contributed by atoms with Gasteiger partial charge in [0.1, 0.15) is 17.6 Å². The van der Waals surface area contributed by atoms with Crippen molar-refractivity contribution in [2.75, 3.05) is 31.1 Å². The molecule has 1 aromatic heterocycles. The van der Waals surface area contributed by atoms with Crippen LogP contribution >= 0.6 is 0 Å². The molecule has 140 valence electrons. The number of hydrogen-bond acceptors (Lipinski definition) is 5. The molecule has 1 aliphatic carbocycles. The van der Waals surface area contributed by atoms with Gasteiger partial charge in [-0.25, -0.2) is 9.97 Å². The first kappa shape index (κ1) is 17.2. The molecule has 0 bridgehead atoms. The highest BCUT2D eigenvalue weighted by molar-refractivity contribution is 6.07. The Morgan fingerprint density at radius 2 is 1.65 bits per heavy atom. The van der Waals surface area contributed by atoms with Crippen LogP contribution in [0.1, 0.15) is 49.8 Å². The molecule has 0 unspecified atom stereocenters. The lowest BCUT2D eigenvalue weighted by Crippen LogP contribution is -2.44. The van der Waals surface area contributed by atoms with Crippen molar-refractivity contribution in [3.8, 4) is 0 Å². The molecule has 3 aliphatic rings. The topological polar surface area (TPSA) is 92.4 Å². The predicted octanol–water partition coefficient (Wildman–Crippen LogP) is 1.05. The summed E-state index contributed by atoms with van der Waals surface area (Å²) >= 11 is 0. The predicted molar refractivity (Wildman–Crippen MR) is 97.6 cm³/mol. The standard InChI is InChI=1S/C19H27N5O2/c20-17(25)19(7-8-19)18(26)24-11-5-14-15(6-12-24)21-13-22-16(14)23-9-3-1-2-4-10-23/h13H,1-12H2,(H2,20,25). The zero-order valence-electron chi connectivity index (χ0n) is 15.2. The summed E-state index contributed by atoms with van der Waals surface area (Å²) in [7, 11) is 0. The van der Waals surface area contributed by atoms with Gasteiger partial charge in [0.25, 0.3) is 0 Å². The van der Waals surface area contributed by atoms with Crippen molar-refractivity contribution in [1.82, 2.24) is 14.9 Å². The van der Waals surface area contributed by atoms with Crippen LogP contribution in [0.5, 0.6) is 0 Å². The Kier molecular flexibility index (Phi) is 4.54. The van der Waals surface area contributed by atoms with Gasteiger partial charge in [-0.2, -0.15) is 0 Å². The summed E-state index contributed by atoms with van der Waals surface area (Å²) in [4.78, 5) is 37.8. The molecule has 2 N–H and O–H groups in total. The fraction of sp³-hybridized carbons (Fsp3) is 0.684. The number of amides is 2. The van der Waals surface area contributed by atoms with Crippen molar-refractivity contribution >= 4 is 17.6 Å². The molecule has 1 saturated heterocycles. The second kappa shape index (κ2) is 6.85. The molecule has 3 heterocycles. The van der Waals surface area contributed by atoms with Gasteiger partial charge >= 0.3 is 0 Å². The molecule has 2 amide bonds. The van der Waals surface area contributed by atoms with E-state index in [1.54, 1.807) is 6.33 Å². The SMILES string of the molecule is NC(=O)C1(C(=O)N2CCc3ncnc(N4CCCCCC4)c3CC2)CC1. The van der Waals surface area contributed by atoms with Gasteiger partial charge in [-0.1, -0.05) is 12.8 Å². The van der Waals surface area contributed by atoms with Crippen molar-refractivity contribution in [3.05, 3.63) is 17.6 Å². The quantitative estimate of drug-likeness (QED) is 0.816. The number of aromatic nitrogens is 2. The Balaban J connectivity index is 1.54. The van der Waals surface area contributed by atoms with Crippen LogP contribution in [0.4, 0.5) is 5.82 Å². The van der Waals surface area contributed by atoms with E-state index in [0.29, 0.717) is 32.4 Å². The van der Waals surface area contributed by atoms with Crippen LogP contribution in [0.15, 0.2) is 6.33 Å². The summed E-state index contributed by atoms with van der Waals surface area (Å²) in [5.41, 5.74) is 6.76. The van der Waals surface area contributed by atoms with Gasteiger partial charge in [0.05, 0.1) is 5.69 Å². The second-order valence-corrected chi connectivity index (χ2v) is 7.76. The lowest BCUT2D eigenvalue weighted by Gasteiger charge is -2.25. The number of anilines is 1. The molecule has 0 radical (unpaired) electrons. The maximum absolute atomic E-state index is 12.8. The highest BCUT2D eigenvalue weighted by Gasteiger charge is 2.57. The van der Waals surface area contributed by atoms with Crippen molar-refractivity contribution in [2.24, 2.45) is 11.1 Å². The summed E-state index contributed by atoms with van der Waals surface area (Å²) in [6.45, 7) is 3.28. The van der Waals surface area contributed by atoms with Crippen LogP contribution < -0.4 is 10.6 Å². The van der Waals surface area contributed by atoms with E-state index in [2.05, 4.69) is 14.9 Å². The fourth-order valence-corrected chi connectivity index (χ4v) is 4.26. The van der Waals surface area contributed by atoms with Crippen LogP contribution in [0.2, 0.25) is 0 Å². The Bertz CT molecular complexity index is 708. The summed E-state index contributed by atoms with van der Waals surface area (Å²) in [6, 6.07) is 0. The first-order valence-corrected chi connectivity index (χ1v) is 9.79. The zero-order valence-corrected chi connectivity index (χ0v) is 15.2.